The number of carbonyl (C=O) groups excluding carboxylic acids is 1. The lowest BCUT2D eigenvalue weighted by Gasteiger charge is -2.41. The SMILES string of the molecule is O=C(/C=C/c1cc(F)cc(F)c1)N1CCC([C@@H](O)CN2CCC3(CC2)COc2cc(Cl)ccc23)CC1. The summed E-state index contributed by atoms with van der Waals surface area (Å²) in [7, 11) is 0. The van der Waals surface area contributed by atoms with Crippen molar-refractivity contribution in [3.05, 3.63) is 70.3 Å². The lowest BCUT2D eigenvalue weighted by Crippen LogP contribution is -2.48. The Morgan fingerprint density at radius 3 is 2.50 bits per heavy atom. The molecule has 3 aliphatic rings. The van der Waals surface area contributed by atoms with Gasteiger partial charge >= 0.3 is 0 Å². The van der Waals surface area contributed by atoms with Crippen LogP contribution in [0.4, 0.5) is 8.78 Å². The maximum absolute atomic E-state index is 13.3. The number of carbonyl (C=O) groups is 1. The van der Waals surface area contributed by atoms with Crippen molar-refractivity contribution in [2.45, 2.75) is 37.2 Å². The molecule has 8 heteroatoms. The predicted octanol–water partition coefficient (Wildman–Crippen LogP) is 4.66. The quantitative estimate of drug-likeness (QED) is 0.587. The number of halogens is 3. The van der Waals surface area contributed by atoms with Gasteiger partial charge in [-0.25, -0.2) is 8.78 Å². The average molecular weight is 517 g/mol. The lowest BCUT2D eigenvalue weighted by molar-refractivity contribution is -0.128. The third-order valence-electron chi connectivity index (χ3n) is 7.98. The van der Waals surface area contributed by atoms with Crippen LogP contribution in [0.2, 0.25) is 5.02 Å². The number of hydrogen-bond acceptors (Lipinski definition) is 4. The van der Waals surface area contributed by atoms with Gasteiger partial charge in [0.2, 0.25) is 5.91 Å². The fraction of sp³-hybridized carbons (Fsp3) is 0.464. The number of aliphatic hydroxyl groups excluding tert-OH is 1. The largest absolute Gasteiger partial charge is 0.492 e. The third-order valence-corrected chi connectivity index (χ3v) is 8.21. The Balaban J connectivity index is 1.08. The molecule has 2 fully saturated rings. The molecule has 192 valence electrons. The number of fused-ring (bicyclic) bond motifs is 2. The first-order chi connectivity index (χ1) is 17.3. The van der Waals surface area contributed by atoms with E-state index in [0.29, 0.717) is 36.8 Å². The second-order valence-corrected chi connectivity index (χ2v) is 10.7. The summed E-state index contributed by atoms with van der Waals surface area (Å²) in [5.74, 6) is -0.493. The number of benzene rings is 2. The molecule has 0 bridgehead atoms. The fourth-order valence-corrected chi connectivity index (χ4v) is 5.95. The molecule has 2 aromatic carbocycles. The van der Waals surface area contributed by atoms with Crippen LogP contribution in [-0.4, -0.2) is 66.2 Å². The number of rotatable bonds is 5. The number of likely N-dealkylation sites (tertiary alicyclic amines) is 2. The number of β-amino-alcohol motifs (C(OH)–C–C–N with tert-alkyl or cyclic N) is 1. The molecule has 3 aliphatic heterocycles. The summed E-state index contributed by atoms with van der Waals surface area (Å²) in [6, 6.07) is 9.10. The molecule has 1 amide bonds. The molecule has 0 radical (unpaired) electrons. The van der Waals surface area contributed by atoms with E-state index >= 15 is 0 Å². The van der Waals surface area contributed by atoms with Crippen molar-refractivity contribution in [3.63, 3.8) is 0 Å². The van der Waals surface area contributed by atoms with Crippen LogP contribution in [0, 0.1) is 17.6 Å². The highest BCUT2D eigenvalue weighted by atomic mass is 35.5. The van der Waals surface area contributed by atoms with Gasteiger partial charge in [-0.2, -0.15) is 0 Å². The van der Waals surface area contributed by atoms with Gasteiger partial charge in [0.05, 0.1) is 12.7 Å². The summed E-state index contributed by atoms with van der Waals surface area (Å²) in [4.78, 5) is 16.6. The van der Waals surface area contributed by atoms with Gasteiger partial charge in [0.15, 0.2) is 0 Å². The molecule has 1 N–H and O–H groups in total. The second-order valence-electron chi connectivity index (χ2n) is 10.3. The van der Waals surface area contributed by atoms with E-state index in [-0.39, 0.29) is 17.2 Å². The van der Waals surface area contributed by atoms with E-state index < -0.39 is 17.7 Å². The summed E-state index contributed by atoms with van der Waals surface area (Å²) in [6.07, 6.45) is 5.79. The number of nitrogens with zero attached hydrogens (tertiary/aromatic N) is 2. The van der Waals surface area contributed by atoms with Gasteiger partial charge in [0.25, 0.3) is 0 Å². The molecule has 2 saturated heterocycles. The van der Waals surface area contributed by atoms with Gasteiger partial charge in [-0.3, -0.25) is 4.79 Å². The predicted molar refractivity (Wildman–Crippen MR) is 135 cm³/mol. The zero-order valence-electron chi connectivity index (χ0n) is 20.1. The minimum Gasteiger partial charge on any atom is -0.492 e. The van der Waals surface area contributed by atoms with Crippen molar-refractivity contribution in [1.29, 1.82) is 0 Å². The smallest absolute Gasteiger partial charge is 0.246 e. The Morgan fingerprint density at radius 1 is 1.11 bits per heavy atom. The van der Waals surface area contributed by atoms with E-state index in [2.05, 4.69) is 11.0 Å². The molecule has 0 saturated carbocycles. The molecule has 0 aromatic heterocycles. The number of aliphatic hydroxyl groups is 1. The van der Waals surface area contributed by atoms with Gasteiger partial charge in [-0.1, -0.05) is 17.7 Å². The van der Waals surface area contributed by atoms with E-state index in [1.54, 1.807) is 4.90 Å². The van der Waals surface area contributed by atoms with Gasteiger partial charge in [0, 0.05) is 47.8 Å². The van der Waals surface area contributed by atoms with Gasteiger partial charge in [-0.05, 0) is 80.6 Å². The van der Waals surface area contributed by atoms with Crippen molar-refractivity contribution in [2.75, 3.05) is 39.3 Å². The minimum absolute atomic E-state index is 0.0396. The second kappa shape index (κ2) is 10.5. The molecule has 1 atom stereocenters. The Kier molecular flexibility index (Phi) is 7.33. The number of hydrogen-bond donors (Lipinski definition) is 1. The zero-order chi connectivity index (χ0) is 25.3. The van der Waals surface area contributed by atoms with Crippen molar-refractivity contribution in [2.24, 2.45) is 5.92 Å². The van der Waals surface area contributed by atoms with Crippen LogP contribution in [-0.2, 0) is 10.2 Å². The van der Waals surface area contributed by atoms with Crippen LogP contribution >= 0.6 is 11.6 Å². The molecular weight excluding hydrogens is 486 g/mol. The highest BCUT2D eigenvalue weighted by Gasteiger charge is 2.43. The topological polar surface area (TPSA) is 53.0 Å². The number of ether oxygens (including phenoxy) is 1. The van der Waals surface area contributed by atoms with Crippen LogP contribution in [0.15, 0.2) is 42.5 Å². The summed E-state index contributed by atoms with van der Waals surface area (Å²) in [5, 5.41) is 11.6. The Labute approximate surface area is 215 Å². The van der Waals surface area contributed by atoms with E-state index in [1.165, 1.54) is 29.8 Å². The van der Waals surface area contributed by atoms with Gasteiger partial charge < -0.3 is 19.6 Å². The van der Waals surface area contributed by atoms with Crippen molar-refractivity contribution in [1.82, 2.24) is 9.80 Å². The van der Waals surface area contributed by atoms with Crippen molar-refractivity contribution >= 4 is 23.6 Å². The van der Waals surface area contributed by atoms with E-state index in [9.17, 15) is 18.7 Å². The summed E-state index contributed by atoms with van der Waals surface area (Å²) >= 11 is 6.12. The maximum Gasteiger partial charge on any atom is 0.246 e. The molecule has 0 unspecified atom stereocenters. The Bertz CT molecular complexity index is 1120. The normalized spacial score (nSPS) is 21.1. The van der Waals surface area contributed by atoms with E-state index in [1.807, 2.05) is 12.1 Å². The van der Waals surface area contributed by atoms with Gasteiger partial charge in [-0.15, -0.1) is 0 Å². The van der Waals surface area contributed by atoms with Crippen LogP contribution in [0.5, 0.6) is 5.75 Å². The highest BCUT2D eigenvalue weighted by molar-refractivity contribution is 6.30. The number of amides is 1. The first-order valence-corrected chi connectivity index (χ1v) is 13.0. The lowest BCUT2D eigenvalue weighted by atomic mass is 9.74. The standard InChI is InChI=1S/C28H31ClF2N2O3/c29-21-2-3-24-26(15-21)36-18-28(24)7-11-32(12-8-28)17-25(34)20-5-9-33(10-6-20)27(35)4-1-19-13-22(30)16-23(31)14-19/h1-4,13-16,20,25,34H,5-12,17-18H2/b4-1+/t25-/m0/s1. The summed E-state index contributed by atoms with van der Waals surface area (Å²) < 4.78 is 32.6. The summed E-state index contributed by atoms with van der Waals surface area (Å²) in [5.41, 5.74) is 1.60. The van der Waals surface area contributed by atoms with E-state index in [4.69, 9.17) is 16.3 Å². The fourth-order valence-electron chi connectivity index (χ4n) is 5.79. The van der Waals surface area contributed by atoms with Crippen molar-refractivity contribution < 1.29 is 23.4 Å². The summed E-state index contributed by atoms with van der Waals surface area (Å²) in [6.45, 7) is 4.25. The Morgan fingerprint density at radius 2 is 1.81 bits per heavy atom. The molecule has 0 aliphatic carbocycles. The molecule has 36 heavy (non-hydrogen) atoms. The van der Waals surface area contributed by atoms with Crippen LogP contribution in [0.3, 0.4) is 0 Å². The average Bonchev–Trinajstić information content (AvgIpc) is 3.20. The minimum atomic E-state index is -0.674. The molecule has 2 aromatic rings. The maximum atomic E-state index is 13.3. The molecule has 5 nitrogen and oxygen atoms in total. The third kappa shape index (κ3) is 5.43. The van der Waals surface area contributed by atoms with Crippen LogP contribution in [0.25, 0.3) is 6.08 Å². The van der Waals surface area contributed by atoms with Crippen molar-refractivity contribution in [3.8, 4) is 5.75 Å². The number of piperidine rings is 2. The molecule has 3 heterocycles. The van der Waals surface area contributed by atoms with Crippen LogP contribution in [0.1, 0.15) is 36.8 Å². The van der Waals surface area contributed by atoms with Gasteiger partial charge in [0.1, 0.15) is 17.4 Å². The first-order valence-electron chi connectivity index (χ1n) is 12.6. The Hall–Kier alpha value is -2.48. The van der Waals surface area contributed by atoms with Crippen LogP contribution < -0.4 is 4.74 Å². The highest BCUT2D eigenvalue weighted by Crippen LogP contribution is 2.46. The molecular formula is C28H31ClF2N2O3. The zero-order valence-corrected chi connectivity index (χ0v) is 20.9. The first kappa shape index (κ1) is 25.2. The molecule has 5 rings (SSSR count). The van der Waals surface area contributed by atoms with E-state index in [0.717, 1.165) is 50.6 Å². The molecule has 1 spiro atoms. The monoisotopic (exact) mass is 516 g/mol.